The number of alkyl halides is 3. The normalized spacial score (nSPS) is 14.5. The van der Waals surface area contributed by atoms with E-state index in [0.29, 0.717) is 46.2 Å². The Morgan fingerprint density at radius 3 is 2.53 bits per heavy atom. The number of nitrogens with one attached hydrogen (secondary N) is 2. The monoisotopic (exact) mass is 555 g/mol. The standard InChI is InChI=1S/C26H20F3N5O2S2/c27-26(28,29)17-4-6-22(23(13-17)24-8-9-32-34(24)18-14-30-15-18)21-3-1-2-16-12-19(5-7-20(16)21)38(35,36)33-25-31-10-11-37-25/h1-13,18,30H,14-15H2,(H,31,33). The highest BCUT2D eigenvalue weighted by Gasteiger charge is 2.32. The minimum absolute atomic E-state index is 0.0491. The summed E-state index contributed by atoms with van der Waals surface area (Å²) in [6.45, 7) is 1.37. The van der Waals surface area contributed by atoms with Crippen LogP contribution in [0.1, 0.15) is 11.6 Å². The third kappa shape index (κ3) is 4.44. The van der Waals surface area contributed by atoms with E-state index in [0.717, 1.165) is 12.1 Å². The molecular weight excluding hydrogens is 535 g/mol. The fourth-order valence-electron chi connectivity index (χ4n) is 4.54. The lowest BCUT2D eigenvalue weighted by Gasteiger charge is -2.29. The van der Waals surface area contributed by atoms with Crippen LogP contribution >= 0.6 is 11.3 Å². The lowest BCUT2D eigenvalue weighted by Crippen LogP contribution is -2.44. The Labute approximate surface area is 220 Å². The Morgan fingerprint density at radius 1 is 0.974 bits per heavy atom. The summed E-state index contributed by atoms with van der Waals surface area (Å²) in [5.41, 5.74) is 1.51. The summed E-state index contributed by atoms with van der Waals surface area (Å²) in [4.78, 5) is 4.02. The van der Waals surface area contributed by atoms with Crippen molar-refractivity contribution in [3.05, 3.63) is 84.0 Å². The van der Waals surface area contributed by atoms with E-state index >= 15 is 0 Å². The largest absolute Gasteiger partial charge is 0.416 e. The molecule has 1 saturated heterocycles. The van der Waals surface area contributed by atoms with E-state index in [1.54, 1.807) is 46.6 Å². The number of thiazole rings is 1. The average Bonchev–Trinajstić information content (AvgIpc) is 3.53. The molecule has 0 spiro atoms. The van der Waals surface area contributed by atoms with Gasteiger partial charge in [-0.15, -0.1) is 11.3 Å². The number of sulfonamides is 1. The Kier molecular flexibility index (Phi) is 5.97. The summed E-state index contributed by atoms with van der Waals surface area (Å²) in [6.07, 6.45) is -1.42. The molecule has 6 rings (SSSR count). The Hall–Kier alpha value is -3.74. The number of nitrogens with zero attached hydrogens (tertiary/aromatic N) is 3. The molecule has 5 aromatic rings. The molecule has 0 unspecified atom stereocenters. The number of fused-ring (bicyclic) bond motifs is 1. The maximum absolute atomic E-state index is 13.7. The van der Waals surface area contributed by atoms with Gasteiger partial charge in [0.15, 0.2) is 5.13 Å². The van der Waals surface area contributed by atoms with Crippen LogP contribution in [0.5, 0.6) is 0 Å². The van der Waals surface area contributed by atoms with Gasteiger partial charge in [-0.25, -0.2) is 13.4 Å². The first-order chi connectivity index (χ1) is 18.2. The van der Waals surface area contributed by atoms with E-state index in [9.17, 15) is 21.6 Å². The van der Waals surface area contributed by atoms with Crippen molar-refractivity contribution in [3.63, 3.8) is 0 Å². The summed E-state index contributed by atoms with van der Waals surface area (Å²) < 4.78 is 71.2. The van der Waals surface area contributed by atoms with Gasteiger partial charge in [0.1, 0.15) is 0 Å². The Balaban J connectivity index is 1.49. The van der Waals surface area contributed by atoms with Gasteiger partial charge < -0.3 is 5.32 Å². The molecule has 3 aromatic carbocycles. The van der Waals surface area contributed by atoms with Crippen molar-refractivity contribution in [2.75, 3.05) is 17.8 Å². The van der Waals surface area contributed by atoms with Crippen molar-refractivity contribution in [2.45, 2.75) is 17.1 Å². The molecule has 0 atom stereocenters. The van der Waals surface area contributed by atoms with Gasteiger partial charge in [0.25, 0.3) is 10.0 Å². The first-order valence-corrected chi connectivity index (χ1v) is 14.0. The molecule has 12 heteroatoms. The molecule has 2 aromatic heterocycles. The van der Waals surface area contributed by atoms with Crippen LogP contribution < -0.4 is 10.0 Å². The third-order valence-corrected chi connectivity index (χ3v) is 8.66. The SMILES string of the molecule is O=S(=O)(Nc1nccs1)c1ccc2c(-c3ccc(C(F)(F)F)cc3-c3ccnn3C3CNC3)cccc2c1. The zero-order valence-electron chi connectivity index (χ0n) is 19.6. The number of hydrogen-bond acceptors (Lipinski definition) is 6. The number of aromatic nitrogens is 3. The van der Waals surface area contributed by atoms with Crippen molar-refractivity contribution in [2.24, 2.45) is 0 Å². The maximum atomic E-state index is 13.7. The lowest BCUT2D eigenvalue weighted by molar-refractivity contribution is -0.137. The van der Waals surface area contributed by atoms with Crippen molar-refractivity contribution < 1.29 is 21.6 Å². The van der Waals surface area contributed by atoms with Crippen molar-refractivity contribution >= 4 is 37.3 Å². The lowest BCUT2D eigenvalue weighted by atomic mass is 9.91. The second-order valence-corrected chi connectivity index (χ2v) is 11.4. The minimum Gasteiger partial charge on any atom is -0.312 e. The van der Waals surface area contributed by atoms with Gasteiger partial charge in [-0.05, 0) is 52.2 Å². The van der Waals surface area contributed by atoms with Gasteiger partial charge in [0.2, 0.25) is 0 Å². The predicted molar refractivity (Wildman–Crippen MR) is 140 cm³/mol. The molecule has 38 heavy (non-hydrogen) atoms. The molecular formula is C26H20F3N5O2S2. The summed E-state index contributed by atoms with van der Waals surface area (Å²) in [6, 6.07) is 15.5. The van der Waals surface area contributed by atoms with Crippen molar-refractivity contribution in [1.29, 1.82) is 0 Å². The smallest absolute Gasteiger partial charge is 0.312 e. The molecule has 0 aliphatic carbocycles. The van der Waals surface area contributed by atoms with Gasteiger partial charge in [-0.2, -0.15) is 18.3 Å². The summed E-state index contributed by atoms with van der Waals surface area (Å²) in [5, 5.41) is 10.8. The molecule has 0 bridgehead atoms. The van der Waals surface area contributed by atoms with Crippen LogP contribution in [0.3, 0.4) is 0 Å². The van der Waals surface area contributed by atoms with Gasteiger partial charge in [-0.1, -0.05) is 30.3 Å². The highest BCUT2D eigenvalue weighted by atomic mass is 32.2. The van der Waals surface area contributed by atoms with E-state index in [-0.39, 0.29) is 16.1 Å². The molecule has 0 saturated carbocycles. The van der Waals surface area contributed by atoms with Crippen molar-refractivity contribution in [3.8, 4) is 22.4 Å². The van der Waals surface area contributed by atoms with E-state index < -0.39 is 21.8 Å². The second-order valence-electron chi connectivity index (χ2n) is 8.86. The molecule has 194 valence electrons. The molecule has 1 aliphatic heterocycles. The summed E-state index contributed by atoms with van der Waals surface area (Å²) in [5.74, 6) is 0. The number of anilines is 1. The second kappa shape index (κ2) is 9.22. The number of hydrogen-bond donors (Lipinski definition) is 2. The average molecular weight is 556 g/mol. The van der Waals surface area contributed by atoms with E-state index in [1.165, 1.54) is 29.7 Å². The molecule has 3 heterocycles. The molecule has 7 nitrogen and oxygen atoms in total. The highest BCUT2D eigenvalue weighted by molar-refractivity contribution is 7.93. The molecule has 2 N–H and O–H groups in total. The van der Waals surface area contributed by atoms with Crippen molar-refractivity contribution in [1.82, 2.24) is 20.1 Å². The topological polar surface area (TPSA) is 88.9 Å². The zero-order valence-corrected chi connectivity index (χ0v) is 21.2. The van der Waals surface area contributed by atoms with E-state index in [1.807, 2.05) is 6.07 Å². The Morgan fingerprint density at radius 2 is 1.82 bits per heavy atom. The summed E-state index contributed by atoms with van der Waals surface area (Å²) in [7, 11) is -3.87. The summed E-state index contributed by atoms with van der Waals surface area (Å²) >= 11 is 1.17. The van der Waals surface area contributed by atoms with E-state index in [2.05, 4.69) is 20.1 Å². The quantitative estimate of drug-likeness (QED) is 0.277. The number of benzene rings is 3. The third-order valence-electron chi connectivity index (χ3n) is 6.51. The first-order valence-electron chi connectivity index (χ1n) is 11.6. The highest BCUT2D eigenvalue weighted by Crippen LogP contribution is 2.41. The van der Waals surface area contributed by atoms with Crippen LogP contribution in [-0.2, 0) is 16.2 Å². The van der Waals surface area contributed by atoms with Crippen LogP contribution in [0.4, 0.5) is 18.3 Å². The van der Waals surface area contributed by atoms with E-state index in [4.69, 9.17) is 0 Å². The number of rotatable bonds is 6. The van der Waals surface area contributed by atoms with Gasteiger partial charge >= 0.3 is 6.18 Å². The fourth-order valence-corrected chi connectivity index (χ4v) is 6.37. The molecule has 0 radical (unpaired) electrons. The molecule has 1 aliphatic rings. The molecule has 1 fully saturated rings. The van der Waals surface area contributed by atoms with Crippen LogP contribution in [0, 0.1) is 0 Å². The van der Waals surface area contributed by atoms with Crippen LogP contribution in [0.25, 0.3) is 33.2 Å². The van der Waals surface area contributed by atoms with Crippen LogP contribution in [0.2, 0.25) is 0 Å². The van der Waals surface area contributed by atoms with Gasteiger partial charge in [-0.3, -0.25) is 9.40 Å². The van der Waals surface area contributed by atoms with Gasteiger partial charge in [0.05, 0.1) is 22.2 Å². The number of halogens is 3. The first kappa shape index (κ1) is 24.6. The van der Waals surface area contributed by atoms with Gasteiger partial charge in [0, 0.05) is 36.4 Å². The van der Waals surface area contributed by atoms with Crippen LogP contribution in [0.15, 0.2) is 83.3 Å². The predicted octanol–water partition coefficient (Wildman–Crippen LogP) is 5.79. The Bertz CT molecular complexity index is 1740. The van der Waals surface area contributed by atoms with Crippen LogP contribution in [-0.4, -0.2) is 36.3 Å². The molecule has 0 amide bonds. The minimum atomic E-state index is -4.51. The zero-order chi connectivity index (χ0) is 26.5. The fraction of sp³-hybridized carbons (Fsp3) is 0.154. The maximum Gasteiger partial charge on any atom is 0.416 e.